The molecule has 0 heterocycles. The van der Waals surface area contributed by atoms with E-state index in [1.54, 1.807) is 0 Å². The van der Waals surface area contributed by atoms with E-state index in [4.69, 9.17) is 0 Å². The van der Waals surface area contributed by atoms with E-state index in [1.807, 2.05) is 0 Å². The number of amides is 1. The first kappa shape index (κ1) is 26.4. The quantitative estimate of drug-likeness (QED) is 0.407. The smallest absolute Gasteiger partial charge is 0.345 e. The fraction of sp³-hybridized carbons (Fsp3) is 0.533. The van der Waals surface area contributed by atoms with Crippen molar-refractivity contribution < 1.29 is 22.8 Å². The number of halogens is 3. The molecule has 0 aromatic heterocycles. The molecule has 2 aromatic rings. The van der Waals surface area contributed by atoms with E-state index in [2.05, 4.69) is 35.6 Å². The van der Waals surface area contributed by atoms with Gasteiger partial charge >= 0.3 is 6.18 Å². The highest BCUT2D eigenvalue weighted by molar-refractivity contribution is 5.98. The third-order valence-electron chi connectivity index (χ3n) is 8.30. The molecule has 0 unspecified atom stereocenters. The summed E-state index contributed by atoms with van der Waals surface area (Å²) in [5.41, 5.74) is 0.0445. The molecule has 1 N–H and O–H groups in total. The Labute approximate surface area is 211 Å². The number of hydrogen-bond donors (Lipinski definition) is 1. The molecule has 1 amide bonds. The van der Waals surface area contributed by atoms with Gasteiger partial charge in [0, 0.05) is 5.92 Å². The summed E-state index contributed by atoms with van der Waals surface area (Å²) in [6.07, 6.45) is 6.64. The van der Waals surface area contributed by atoms with Crippen molar-refractivity contribution in [3.05, 3.63) is 71.3 Å². The summed E-state index contributed by atoms with van der Waals surface area (Å²) in [5.74, 6) is 1.11. The van der Waals surface area contributed by atoms with Crippen LogP contribution in [0.25, 0.3) is 0 Å². The lowest BCUT2D eigenvalue weighted by Gasteiger charge is -2.32. The first-order valence-electron chi connectivity index (χ1n) is 13.3. The minimum absolute atomic E-state index is 0.0782. The number of hydrogen-bond acceptors (Lipinski definition) is 2. The summed E-state index contributed by atoms with van der Waals surface area (Å²) in [6, 6.07) is 15.5. The molecule has 4 rings (SSSR count). The average molecular weight is 500 g/mol. The number of Topliss-reactive ketones (excluding diaryl/α,β-unsaturated/α-hetero) is 1. The first-order chi connectivity index (χ1) is 17.3. The van der Waals surface area contributed by atoms with Crippen LogP contribution >= 0.6 is 0 Å². The van der Waals surface area contributed by atoms with E-state index in [-0.39, 0.29) is 18.2 Å². The number of carbonyl (C=O) groups excluding carboxylic acids is 2. The van der Waals surface area contributed by atoms with E-state index in [0.717, 1.165) is 43.7 Å². The van der Waals surface area contributed by atoms with E-state index < -0.39 is 23.2 Å². The van der Waals surface area contributed by atoms with Gasteiger partial charge in [-0.25, -0.2) is 0 Å². The minimum atomic E-state index is -4.61. The van der Waals surface area contributed by atoms with Crippen LogP contribution in [0.15, 0.2) is 54.6 Å². The van der Waals surface area contributed by atoms with E-state index in [0.29, 0.717) is 11.8 Å². The van der Waals surface area contributed by atoms with Crippen LogP contribution in [0.5, 0.6) is 0 Å². The molecule has 2 saturated carbocycles. The molecular weight excluding hydrogens is 463 g/mol. The average Bonchev–Trinajstić information content (AvgIpc) is 2.91. The Morgan fingerprint density at radius 1 is 0.750 bits per heavy atom. The van der Waals surface area contributed by atoms with Crippen molar-refractivity contribution in [1.82, 2.24) is 5.32 Å². The number of nitrogens with one attached hydrogen (secondary N) is 1. The third-order valence-corrected chi connectivity index (χ3v) is 8.30. The van der Waals surface area contributed by atoms with Gasteiger partial charge in [-0.3, -0.25) is 9.59 Å². The lowest BCUT2D eigenvalue weighted by atomic mass is 9.74. The maximum absolute atomic E-state index is 13.2. The van der Waals surface area contributed by atoms with Crippen molar-refractivity contribution >= 4 is 11.7 Å². The number of ketones is 1. The second-order valence-corrected chi connectivity index (χ2v) is 10.6. The Kier molecular flexibility index (Phi) is 8.86. The molecule has 0 bridgehead atoms. The molecule has 0 radical (unpaired) electrons. The first-order valence-corrected chi connectivity index (χ1v) is 13.3. The highest BCUT2D eigenvalue weighted by atomic mass is 19.4. The van der Waals surface area contributed by atoms with Gasteiger partial charge in [-0.1, -0.05) is 55.3 Å². The summed E-state index contributed by atoms with van der Waals surface area (Å²) < 4.78 is 39.5. The Morgan fingerprint density at radius 3 is 1.92 bits per heavy atom. The normalized spacial score (nSPS) is 24.8. The number of benzene rings is 2. The van der Waals surface area contributed by atoms with Crippen LogP contribution in [0.1, 0.15) is 91.6 Å². The molecule has 0 spiro atoms. The van der Waals surface area contributed by atoms with Crippen LogP contribution in [-0.4, -0.2) is 18.2 Å². The molecule has 6 heteroatoms. The topological polar surface area (TPSA) is 46.2 Å². The van der Waals surface area contributed by atoms with Crippen LogP contribution in [0.4, 0.5) is 13.2 Å². The van der Waals surface area contributed by atoms with Gasteiger partial charge in [0.2, 0.25) is 0 Å². The Bertz CT molecular complexity index is 1000. The lowest BCUT2D eigenvalue weighted by molar-refractivity contribution is -0.137. The molecular formula is C30H36F3NO2. The summed E-state index contributed by atoms with van der Waals surface area (Å²) >= 11 is 0. The molecule has 2 fully saturated rings. The fourth-order valence-electron chi connectivity index (χ4n) is 6.09. The fourth-order valence-corrected chi connectivity index (χ4v) is 6.09. The van der Waals surface area contributed by atoms with Gasteiger partial charge in [-0.15, -0.1) is 0 Å². The molecule has 2 aromatic carbocycles. The third kappa shape index (κ3) is 6.98. The summed E-state index contributed by atoms with van der Waals surface area (Å²) in [4.78, 5) is 25.0. The van der Waals surface area contributed by atoms with Crippen molar-refractivity contribution in [2.75, 3.05) is 6.54 Å². The summed E-state index contributed by atoms with van der Waals surface area (Å²) in [5, 5.41) is 2.41. The largest absolute Gasteiger partial charge is 0.417 e. The van der Waals surface area contributed by atoms with Gasteiger partial charge in [0.1, 0.15) is 0 Å². The molecule has 0 saturated heterocycles. The molecule has 3 nitrogen and oxygen atoms in total. The lowest BCUT2D eigenvalue weighted by Crippen LogP contribution is -2.35. The number of rotatable bonds is 8. The summed E-state index contributed by atoms with van der Waals surface area (Å²) in [7, 11) is 0. The van der Waals surface area contributed by atoms with Gasteiger partial charge in [-0.05, 0) is 86.8 Å². The molecule has 0 aliphatic heterocycles. The van der Waals surface area contributed by atoms with Gasteiger partial charge < -0.3 is 5.32 Å². The van der Waals surface area contributed by atoms with Gasteiger partial charge in [0.05, 0.1) is 17.7 Å². The Balaban J connectivity index is 1.15. The maximum Gasteiger partial charge on any atom is 0.417 e. The van der Waals surface area contributed by atoms with Gasteiger partial charge in [-0.2, -0.15) is 13.2 Å². The van der Waals surface area contributed by atoms with Crippen LogP contribution in [0.2, 0.25) is 0 Å². The van der Waals surface area contributed by atoms with E-state index >= 15 is 0 Å². The van der Waals surface area contributed by atoms with Crippen molar-refractivity contribution in [2.24, 2.45) is 17.8 Å². The molecule has 194 valence electrons. The second kappa shape index (κ2) is 12.1. The minimum Gasteiger partial charge on any atom is -0.345 e. The number of carbonyl (C=O) groups is 2. The van der Waals surface area contributed by atoms with Gasteiger partial charge in [0.25, 0.3) is 5.91 Å². The molecule has 2 aliphatic rings. The molecule has 36 heavy (non-hydrogen) atoms. The van der Waals surface area contributed by atoms with E-state index in [1.165, 1.54) is 56.2 Å². The zero-order chi connectivity index (χ0) is 25.5. The van der Waals surface area contributed by atoms with Gasteiger partial charge in [0.15, 0.2) is 5.78 Å². The van der Waals surface area contributed by atoms with Crippen molar-refractivity contribution in [2.45, 2.75) is 76.3 Å². The van der Waals surface area contributed by atoms with Crippen LogP contribution in [0, 0.1) is 17.8 Å². The predicted molar refractivity (Wildman–Crippen MR) is 135 cm³/mol. The maximum atomic E-state index is 13.2. The van der Waals surface area contributed by atoms with E-state index in [9.17, 15) is 22.8 Å². The molecule has 0 atom stereocenters. The Hall–Kier alpha value is -2.63. The highest BCUT2D eigenvalue weighted by Crippen LogP contribution is 2.40. The second-order valence-electron chi connectivity index (χ2n) is 10.6. The van der Waals surface area contributed by atoms with Crippen LogP contribution in [-0.2, 0) is 11.0 Å². The summed E-state index contributed by atoms with van der Waals surface area (Å²) in [6.45, 7) is -0.217. The predicted octanol–water partition coefficient (Wildman–Crippen LogP) is 7.56. The van der Waals surface area contributed by atoms with Crippen LogP contribution < -0.4 is 5.32 Å². The number of alkyl halides is 3. The zero-order valence-corrected chi connectivity index (χ0v) is 20.7. The van der Waals surface area contributed by atoms with Crippen molar-refractivity contribution in [3.8, 4) is 0 Å². The Morgan fingerprint density at radius 2 is 1.31 bits per heavy atom. The zero-order valence-electron chi connectivity index (χ0n) is 20.7. The monoisotopic (exact) mass is 499 g/mol. The molecule has 2 aliphatic carbocycles. The highest BCUT2D eigenvalue weighted by Gasteiger charge is 2.35. The van der Waals surface area contributed by atoms with Crippen molar-refractivity contribution in [3.63, 3.8) is 0 Å². The standard InChI is InChI=1S/C30H36F3NO2/c31-30(32,33)27-9-5-4-8-26(27)29(36)34-20-28(35)25-18-14-22(15-19-25)11-10-21-12-16-24(17-13-21)23-6-2-1-3-7-23/h1-9,21-22,24-25H,10-20H2,(H,34,36). The SMILES string of the molecule is O=C(NCC(=O)C1CCC(CCC2CCC(c3ccccc3)CC2)CC1)c1ccccc1C(F)(F)F. The van der Waals surface area contributed by atoms with Crippen molar-refractivity contribution in [1.29, 1.82) is 0 Å². The van der Waals surface area contributed by atoms with Crippen LogP contribution in [0.3, 0.4) is 0 Å².